The minimum Gasteiger partial charge on any atom is -0.309 e. The molecule has 0 spiro atoms. The average Bonchev–Trinajstić information content (AvgIpc) is 3.50. The number of benzene rings is 5. The van der Waals surface area contributed by atoms with Gasteiger partial charge in [-0.25, -0.2) is 15.0 Å². The Balaban J connectivity index is 1.51. The van der Waals surface area contributed by atoms with Crippen molar-refractivity contribution in [1.82, 2.24) is 24.1 Å². The highest BCUT2D eigenvalue weighted by atomic mass is 15.0. The minimum atomic E-state index is 0.676. The number of aromatic nitrogens is 5. The van der Waals surface area contributed by atoms with Crippen LogP contribution in [0.15, 0.2) is 115 Å². The summed E-state index contributed by atoms with van der Waals surface area (Å²) in [5.41, 5.74) is 7.72. The number of nitrogens with zero attached hydrogens (tertiary/aromatic N) is 5. The number of rotatable bonds is 3. The van der Waals surface area contributed by atoms with Crippen LogP contribution in [0.4, 0.5) is 0 Å². The van der Waals surface area contributed by atoms with Crippen molar-refractivity contribution in [3.05, 3.63) is 127 Å². The molecule has 0 aliphatic carbocycles. The van der Waals surface area contributed by atoms with Crippen molar-refractivity contribution in [3.8, 4) is 22.8 Å². The fraction of sp³-hybridized carbons (Fsp3) is 0.0571. The maximum Gasteiger partial charge on any atom is 0.163 e. The zero-order valence-electron chi connectivity index (χ0n) is 22.2. The summed E-state index contributed by atoms with van der Waals surface area (Å²) in [6, 6.07) is 41.1. The lowest BCUT2D eigenvalue weighted by Crippen LogP contribution is -2.03. The second-order valence-electron chi connectivity index (χ2n) is 10.2. The van der Waals surface area contributed by atoms with Crippen LogP contribution in [-0.4, -0.2) is 24.1 Å². The molecule has 3 heterocycles. The molecule has 0 saturated heterocycles. The summed E-state index contributed by atoms with van der Waals surface area (Å²) in [5.74, 6) is 2.10. The number of hydrogen-bond acceptors (Lipinski definition) is 3. The maximum atomic E-state index is 4.76. The molecule has 40 heavy (non-hydrogen) atoms. The maximum absolute atomic E-state index is 4.76. The largest absolute Gasteiger partial charge is 0.309 e. The minimum absolute atomic E-state index is 0.676. The lowest BCUT2D eigenvalue weighted by atomic mass is 10.1. The Labute approximate surface area is 231 Å². The van der Waals surface area contributed by atoms with Crippen LogP contribution in [0.2, 0.25) is 0 Å². The first-order chi connectivity index (χ1) is 19.7. The molecule has 0 unspecified atom stereocenters. The Hall–Kier alpha value is -5.29. The molecule has 0 bridgehead atoms. The molecular formula is C35H25N5. The van der Waals surface area contributed by atoms with Gasteiger partial charge in [0.05, 0.1) is 22.1 Å². The molecule has 5 aromatic carbocycles. The van der Waals surface area contributed by atoms with E-state index in [1.54, 1.807) is 0 Å². The molecule has 8 rings (SSSR count). The van der Waals surface area contributed by atoms with Crippen molar-refractivity contribution in [2.24, 2.45) is 0 Å². The highest BCUT2D eigenvalue weighted by Crippen LogP contribution is 2.37. The van der Waals surface area contributed by atoms with E-state index in [0.717, 1.165) is 39.0 Å². The molecule has 0 atom stereocenters. The van der Waals surface area contributed by atoms with Gasteiger partial charge in [-0.2, -0.15) is 0 Å². The number of hydrogen-bond donors (Lipinski definition) is 0. The third kappa shape index (κ3) is 3.38. The van der Waals surface area contributed by atoms with E-state index in [4.69, 9.17) is 9.97 Å². The topological polar surface area (TPSA) is 48.5 Å². The lowest BCUT2D eigenvalue weighted by molar-refractivity contribution is 0.928. The number of para-hydroxylation sites is 4. The van der Waals surface area contributed by atoms with Crippen molar-refractivity contribution in [3.63, 3.8) is 0 Å². The van der Waals surface area contributed by atoms with Crippen LogP contribution < -0.4 is 0 Å². The van der Waals surface area contributed by atoms with Crippen LogP contribution >= 0.6 is 0 Å². The molecule has 5 nitrogen and oxygen atoms in total. The summed E-state index contributed by atoms with van der Waals surface area (Å²) in [6.07, 6.45) is 0. The summed E-state index contributed by atoms with van der Waals surface area (Å²) in [7, 11) is 0. The van der Waals surface area contributed by atoms with Crippen LogP contribution in [-0.2, 0) is 0 Å². The Morgan fingerprint density at radius 1 is 0.425 bits per heavy atom. The van der Waals surface area contributed by atoms with Crippen LogP contribution in [0.1, 0.15) is 11.6 Å². The SMILES string of the molecule is Cc1nc(C)nc(-c2cc(-n3c4ccccc4c4ccccc43)cc(-n3c4ccccc4c4ccccc43)c2)n1. The Kier molecular flexibility index (Phi) is 4.88. The van der Waals surface area contributed by atoms with Crippen molar-refractivity contribution >= 4 is 43.6 Å². The molecule has 190 valence electrons. The van der Waals surface area contributed by atoms with Gasteiger partial charge in [-0.3, -0.25) is 0 Å². The van der Waals surface area contributed by atoms with Crippen LogP contribution in [0.25, 0.3) is 66.4 Å². The van der Waals surface area contributed by atoms with Gasteiger partial charge in [-0.15, -0.1) is 0 Å². The normalized spacial score (nSPS) is 11.8. The van der Waals surface area contributed by atoms with Gasteiger partial charge in [0.25, 0.3) is 0 Å². The molecule has 0 saturated carbocycles. The smallest absolute Gasteiger partial charge is 0.163 e. The lowest BCUT2D eigenvalue weighted by Gasteiger charge is -2.15. The second-order valence-corrected chi connectivity index (χ2v) is 10.2. The van der Waals surface area contributed by atoms with E-state index >= 15 is 0 Å². The van der Waals surface area contributed by atoms with Crippen molar-refractivity contribution in [2.75, 3.05) is 0 Å². The fourth-order valence-electron chi connectivity index (χ4n) is 6.13. The van der Waals surface area contributed by atoms with Crippen LogP contribution in [0.5, 0.6) is 0 Å². The van der Waals surface area contributed by atoms with E-state index in [1.807, 2.05) is 13.8 Å². The van der Waals surface area contributed by atoms with Gasteiger partial charge in [-0.1, -0.05) is 72.8 Å². The van der Waals surface area contributed by atoms with Gasteiger partial charge in [0, 0.05) is 38.5 Å². The summed E-state index contributed by atoms with van der Waals surface area (Å²) in [6.45, 7) is 3.84. The average molecular weight is 516 g/mol. The van der Waals surface area contributed by atoms with Crippen LogP contribution in [0, 0.1) is 13.8 Å². The molecule has 0 amide bonds. The van der Waals surface area contributed by atoms with Crippen molar-refractivity contribution in [1.29, 1.82) is 0 Å². The Morgan fingerprint density at radius 3 is 1.15 bits per heavy atom. The quantitative estimate of drug-likeness (QED) is 0.238. The van der Waals surface area contributed by atoms with Crippen molar-refractivity contribution < 1.29 is 0 Å². The molecular weight excluding hydrogens is 490 g/mol. The standard InChI is InChI=1S/C35H25N5/c1-22-36-23(2)38-35(37-22)24-19-25(39-31-15-7-3-11-27(31)28-12-4-8-16-32(28)39)21-26(20-24)40-33-17-9-5-13-29(33)30-14-6-10-18-34(30)40/h3-21H,1-2H3. The van der Waals surface area contributed by atoms with Crippen molar-refractivity contribution in [2.45, 2.75) is 13.8 Å². The first-order valence-corrected chi connectivity index (χ1v) is 13.5. The van der Waals surface area contributed by atoms with Crippen LogP contribution in [0.3, 0.4) is 0 Å². The fourth-order valence-corrected chi connectivity index (χ4v) is 6.13. The molecule has 0 fully saturated rings. The summed E-state index contributed by atoms with van der Waals surface area (Å²) in [5, 5.41) is 4.92. The first-order valence-electron chi connectivity index (χ1n) is 13.5. The highest BCUT2D eigenvalue weighted by molar-refractivity contribution is 6.10. The summed E-state index contributed by atoms with van der Waals surface area (Å²) >= 11 is 0. The molecule has 0 radical (unpaired) electrons. The number of aryl methyl sites for hydroxylation is 2. The molecule has 3 aromatic heterocycles. The van der Waals surface area contributed by atoms with E-state index in [-0.39, 0.29) is 0 Å². The predicted octanol–water partition coefficient (Wildman–Crippen LogP) is 8.35. The zero-order valence-corrected chi connectivity index (χ0v) is 22.2. The Bertz CT molecular complexity index is 1990. The van der Waals surface area contributed by atoms with E-state index in [2.05, 4.69) is 129 Å². The van der Waals surface area contributed by atoms with Gasteiger partial charge < -0.3 is 9.13 Å². The molecule has 0 N–H and O–H groups in total. The van der Waals surface area contributed by atoms with E-state index in [9.17, 15) is 0 Å². The summed E-state index contributed by atoms with van der Waals surface area (Å²) in [4.78, 5) is 14.0. The van der Waals surface area contributed by atoms with Gasteiger partial charge in [0.15, 0.2) is 5.82 Å². The highest BCUT2D eigenvalue weighted by Gasteiger charge is 2.18. The van der Waals surface area contributed by atoms with Gasteiger partial charge in [-0.05, 0) is 56.3 Å². The molecule has 0 aliphatic heterocycles. The zero-order chi connectivity index (χ0) is 26.8. The Morgan fingerprint density at radius 2 is 0.775 bits per heavy atom. The molecule has 0 aliphatic rings. The van der Waals surface area contributed by atoms with E-state index in [1.165, 1.54) is 21.5 Å². The monoisotopic (exact) mass is 515 g/mol. The predicted molar refractivity (Wildman–Crippen MR) is 163 cm³/mol. The molecule has 8 aromatic rings. The van der Waals surface area contributed by atoms with E-state index < -0.39 is 0 Å². The second kappa shape index (κ2) is 8.61. The third-order valence-corrected chi connectivity index (χ3v) is 7.70. The van der Waals surface area contributed by atoms with E-state index in [0.29, 0.717) is 17.5 Å². The third-order valence-electron chi connectivity index (χ3n) is 7.70. The number of fused-ring (bicyclic) bond motifs is 6. The van der Waals surface area contributed by atoms with Gasteiger partial charge in [0.2, 0.25) is 0 Å². The molecule has 5 heteroatoms. The van der Waals surface area contributed by atoms with Gasteiger partial charge >= 0.3 is 0 Å². The summed E-state index contributed by atoms with van der Waals surface area (Å²) < 4.78 is 4.71. The van der Waals surface area contributed by atoms with Gasteiger partial charge in [0.1, 0.15) is 11.6 Å². The first kappa shape index (κ1) is 22.7.